The maximum Gasteiger partial charge on any atom is 0.326 e. The van der Waals surface area contributed by atoms with E-state index in [4.69, 9.17) is 0 Å². The van der Waals surface area contributed by atoms with Crippen molar-refractivity contribution < 1.29 is 15.0 Å². The summed E-state index contributed by atoms with van der Waals surface area (Å²) in [7, 11) is 0. The van der Waals surface area contributed by atoms with Gasteiger partial charge >= 0.3 is 5.97 Å². The number of aromatic nitrogens is 2. The molecule has 0 aromatic carbocycles. The molecule has 0 aliphatic carbocycles. The second-order valence-electron chi connectivity index (χ2n) is 5.61. The van der Waals surface area contributed by atoms with Gasteiger partial charge in [0.05, 0.1) is 12.6 Å². The molecule has 1 saturated heterocycles. The van der Waals surface area contributed by atoms with Crippen LogP contribution in [0.4, 0.5) is 11.6 Å². The molecule has 122 valence electrons. The van der Waals surface area contributed by atoms with Crippen molar-refractivity contribution in [2.45, 2.75) is 51.1 Å². The Morgan fingerprint density at radius 1 is 1.50 bits per heavy atom. The number of piperidine rings is 1. The molecule has 3 N–H and O–H groups in total. The monoisotopic (exact) mass is 308 g/mol. The smallest absolute Gasteiger partial charge is 0.326 e. The van der Waals surface area contributed by atoms with Crippen LogP contribution in [0.2, 0.25) is 0 Å². The van der Waals surface area contributed by atoms with Crippen molar-refractivity contribution in [3.63, 3.8) is 0 Å². The lowest BCUT2D eigenvalue weighted by Crippen LogP contribution is -2.42. The summed E-state index contributed by atoms with van der Waals surface area (Å²) in [5.41, 5.74) is 0. The number of hydrogen-bond acceptors (Lipinski definition) is 6. The molecule has 1 aromatic rings. The lowest BCUT2D eigenvalue weighted by Gasteiger charge is -2.35. The zero-order valence-corrected chi connectivity index (χ0v) is 12.9. The number of carboxylic acids is 1. The lowest BCUT2D eigenvalue weighted by atomic mass is 10.0. The zero-order chi connectivity index (χ0) is 15.9. The molecule has 7 heteroatoms. The molecule has 2 atom stereocenters. The summed E-state index contributed by atoms with van der Waals surface area (Å²) in [4.78, 5) is 21.7. The number of hydrogen-bond donors (Lipinski definition) is 3. The van der Waals surface area contributed by atoms with E-state index in [0.29, 0.717) is 12.2 Å². The molecule has 0 saturated carbocycles. The van der Waals surface area contributed by atoms with Crippen LogP contribution >= 0.6 is 0 Å². The van der Waals surface area contributed by atoms with Crippen LogP contribution in [0.15, 0.2) is 12.4 Å². The number of anilines is 2. The van der Waals surface area contributed by atoms with Crippen molar-refractivity contribution in [1.82, 2.24) is 9.97 Å². The SMILES string of the molecule is CCCC(Nc1cc(N2CCCCC2CO)ncn1)C(=O)O. The fourth-order valence-electron chi connectivity index (χ4n) is 2.80. The summed E-state index contributed by atoms with van der Waals surface area (Å²) in [5.74, 6) is 0.359. The summed E-state index contributed by atoms with van der Waals surface area (Å²) in [6, 6.07) is 1.18. The molecule has 0 amide bonds. The van der Waals surface area contributed by atoms with Gasteiger partial charge in [0.25, 0.3) is 0 Å². The Morgan fingerprint density at radius 3 is 3.00 bits per heavy atom. The fraction of sp³-hybridized carbons (Fsp3) is 0.667. The first kappa shape index (κ1) is 16.5. The first-order chi connectivity index (χ1) is 10.7. The molecule has 2 heterocycles. The van der Waals surface area contributed by atoms with Crippen molar-refractivity contribution in [3.05, 3.63) is 12.4 Å². The van der Waals surface area contributed by atoms with E-state index < -0.39 is 12.0 Å². The van der Waals surface area contributed by atoms with Gasteiger partial charge in [0.1, 0.15) is 24.0 Å². The minimum Gasteiger partial charge on any atom is -0.480 e. The van der Waals surface area contributed by atoms with E-state index in [9.17, 15) is 15.0 Å². The van der Waals surface area contributed by atoms with Crippen LogP contribution in [0, 0.1) is 0 Å². The summed E-state index contributed by atoms with van der Waals surface area (Å²) >= 11 is 0. The largest absolute Gasteiger partial charge is 0.480 e. The summed E-state index contributed by atoms with van der Waals surface area (Å²) in [6.07, 6.45) is 5.87. The van der Waals surface area contributed by atoms with Gasteiger partial charge < -0.3 is 20.4 Å². The quantitative estimate of drug-likeness (QED) is 0.702. The highest BCUT2D eigenvalue weighted by Gasteiger charge is 2.24. The zero-order valence-electron chi connectivity index (χ0n) is 12.9. The molecule has 0 spiro atoms. The van der Waals surface area contributed by atoms with E-state index in [1.54, 1.807) is 6.07 Å². The molecular formula is C15H24N4O3. The molecule has 0 bridgehead atoms. The molecule has 2 rings (SSSR count). The Bertz CT molecular complexity index is 497. The van der Waals surface area contributed by atoms with Crippen molar-refractivity contribution in [2.24, 2.45) is 0 Å². The van der Waals surface area contributed by atoms with Crippen LogP contribution < -0.4 is 10.2 Å². The third-order valence-electron chi connectivity index (χ3n) is 3.98. The molecular weight excluding hydrogens is 284 g/mol. The van der Waals surface area contributed by atoms with Gasteiger partial charge in [-0.15, -0.1) is 0 Å². The second-order valence-corrected chi connectivity index (χ2v) is 5.61. The van der Waals surface area contributed by atoms with Gasteiger partial charge in [-0.1, -0.05) is 13.3 Å². The van der Waals surface area contributed by atoms with E-state index in [0.717, 1.165) is 38.0 Å². The predicted molar refractivity (Wildman–Crippen MR) is 84.1 cm³/mol. The molecule has 22 heavy (non-hydrogen) atoms. The van der Waals surface area contributed by atoms with Crippen LogP contribution in [-0.4, -0.2) is 51.4 Å². The highest BCUT2D eigenvalue weighted by Crippen LogP contribution is 2.24. The van der Waals surface area contributed by atoms with Gasteiger partial charge in [-0.2, -0.15) is 0 Å². The number of nitrogens with one attached hydrogen (secondary N) is 1. The van der Waals surface area contributed by atoms with E-state index in [1.807, 2.05) is 6.92 Å². The van der Waals surface area contributed by atoms with Gasteiger partial charge in [0.2, 0.25) is 0 Å². The van der Waals surface area contributed by atoms with Gasteiger partial charge in [-0.3, -0.25) is 0 Å². The topological polar surface area (TPSA) is 98.6 Å². The van der Waals surface area contributed by atoms with Crippen LogP contribution in [-0.2, 0) is 4.79 Å². The number of aliphatic hydroxyl groups excluding tert-OH is 1. The first-order valence-corrected chi connectivity index (χ1v) is 7.84. The fourth-order valence-corrected chi connectivity index (χ4v) is 2.80. The van der Waals surface area contributed by atoms with Crippen LogP contribution in [0.5, 0.6) is 0 Å². The van der Waals surface area contributed by atoms with Crippen molar-refractivity contribution in [1.29, 1.82) is 0 Å². The van der Waals surface area contributed by atoms with Crippen LogP contribution in [0.1, 0.15) is 39.0 Å². The predicted octanol–water partition coefficient (Wildman–Crippen LogP) is 1.49. The maximum atomic E-state index is 11.2. The highest BCUT2D eigenvalue weighted by molar-refractivity contribution is 5.77. The number of carboxylic acid groups (broad SMARTS) is 1. The molecule has 0 radical (unpaired) electrons. The number of rotatable bonds is 7. The minimum absolute atomic E-state index is 0.0717. The standard InChI is InChI=1S/C15H24N4O3/c1-2-5-12(15(21)22)18-13-8-14(17-10-16-13)19-7-4-3-6-11(19)9-20/h8,10-12,20H,2-7,9H2,1H3,(H,21,22)(H,16,17,18). The van der Waals surface area contributed by atoms with Crippen molar-refractivity contribution in [2.75, 3.05) is 23.4 Å². The average molecular weight is 308 g/mol. The minimum atomic E-state index is -0.881. The third-order valence-corrected chi connectivity index (χ3v) is 3.98. The Balaban J connectivity index is 2.13. The van der Waals surface area contributed by atoms with Crippen LogP contribution in [0.3, 0.4) is 0 Å². The second kappa shape index (κ2) is 7.93. The Kier molecular flexibility index (Phi) is 5.94. The lowest BCUT2D eigenvalue weighted by molar-refractivity contribution is -0.138. The Morgan fingerprint density at radius 2 is 2.32 bits per heavy atom. The first-order valence-electron chi connectivity index (χ1n) is 7.84. The Hall–Kier alpha value is -1.89. The Labute approximate surface area is 130 Å². The van der Waals surface area contributed by atoms with Crippen LogP contribution in [0.25, 0.3) is 0 Å². The van der Waals surface area contributed by atoms with E-state index in [1.165, 1.54) is 6.33 Å². The molecule has 1 fully saturated rings. The summed E-state index contributed by atoms with van der Waals surface area (Å²) in [6.45, 7) is 2.89. The molecule has 7 nitrogen and oxygen atoms in total. The summed E-state index contributed by atoms with van der Waals surface area (Å²) in [5, 5.41) is 21.7. The van der Waals surface area contributed by atoms with E-state index >= 15 is 0 Å². The van der Waals surface area contributed by atoms with Gasteiger partial charge in [0, 0.05) is 12.6 Å². The van der Waals surface area contributed by atoms with Gasteiger partial charge in [-0.25, -0.2) is 14.8 Å². The van der Waals surface area contributed by atoms with Gasteiger partial charge in [-0.05, 0) is 25.7 Å². The number of nitrogens with zero attached hydrogens (tertiary/aromatic N) is 3. The van der Waals surface area contributed by atoms with Crippen molar-refractivity contribution in [3.8, 4) is 0 Å². The number of aliphatic hydroxyl groups is 1. The highest BCUT2D eigenvalue weighted by atomic mass is 16.4. The normalized spacial score (nSPS) is 19.7. The van der Waals surface area contributed by atoms with E-state index in [-0.39, 0.29) is 12.6 Å². The van der Waals surface area contributed by atoms with Gasteiger partial charge in [0.15, 0.2) is 0 Å². The number of aliphatic carboxylic acids is 1. The van der Waals surface area contributed by atoms with Crippen molar-refractivity contribution >= 4 is 17.6 Å². The third kappa shape index (κ3) is 4.07. The molecule has 1 aromatic heterocycles. The average Bonchev–Trinajstić information content (AvgIpc) is 2.54. The molecule has 1 aliphatic rings. The molecule has 2 unspecified atom stereocenters. The van der Waals surface area contributed by atoms with E-state index in [2.05, 4.69) is 20.2 Å². The molecule has 1 aliphatic heterocycles. The number of carbonyl (C=O) groups is 1. The maximum absolute atomic E-state index is 11.2. The summed E-state index contributed by atoms with van der Waals surface area (Å²) < 4.78 is 0.